The highest BCUT2D eigenvalue weighted by Crippen LogP contribution is 2.34. The lowest BCUT2D eigenvalue weighted by molar-refractivity contribution is -0.387. The summed E-state index contributed by atoms with van der Waals surface area (Å²) in [5, 5.41) is 28.8. The van der Waals surface area contributed by atoms with Crippen LogP contribution in [0.1, 0.15) is 15.9 Å². The number of halogens is 1. The number of carbonyl (C=O) groups is 3. The summed E-state index contributed by atoms with van der Waals surface area (Å²) in [6, 6.07) is 22.0. The lowest BCUT2D eigenvalue weighted by Crippen LogP contribution is -2.19. The quantitative estimate of drug-likeness (QED) is 0.0852. The van der Waals surface area contributed by atoms with E-state index in [0.29, 0.717) is 16.1 Å². The van der Waals surface area contributed by atoms with Crippen molar-refractivity contribution in [3.8, 4) is 0 Å². The van der Waals surface area contributed by atoms with Gasteiger partial charge in [-0.3, -0.25) is 19.7 Å². The molecule has 1 heterocycles. The van der Waals surface area contributed by atoms with E-state index >= 15 is 0 Å². The molecule has 5 rings (SSSR count). The van der Waals surface area contributed by atoms with Crippen LogP contribution in [-0.2, 0) is 9.59 Å². The second-order valence-corrected chi connectivity index (χ2v) is 11.3. The minimum Gasteiger partial charge on any atom is -0.478 e. The third-order valence-electron chi connectivity index (χ3n) is 5.93. The summed E-state index contributed by atoms with van der Waals surface area (Å²) in [5.41, 5.74) is 0.990. The number of nitrogens with zero attached hydrogens (tertiary/aromatic N) is 2. The molecule has 3 N–H and O–H groups in total. The number of nitrogens with one attached hydrogen (secondary N) is 2. The molecule has 0 spiro atoms. The number of anilines is 1. The van der Waals surface area contributed by atoms with Gasteiger partial charge in [-0.1, -0.05) is 48.0 Å². The molecular formula is C29H19ClN4O6S2. The number of nitro groups is 1. The maximum absolute atomic E-state index is 12.6. The first-order valence-corrected chi connectivity index (χ1v) is 14.4. The number of aromatic carboxylic acids is 1. The van der Waals surface area contributed by atoms with Crippen LogP contribution in [0.3, 0.4) is 0 Å². The molecule has 0 radical (unpaired) electrons. The number of fused-ring (bicyclic) bond motifs is 1. The van der Waals surface area contributed by atoms with Crippen LogP contribution < -0.4 is 10.6 Å². The molecule has 0 aromatic heterocycles. The van der Waals surface area contributed by atoms with Crippen molar-refractivity contribution in [1.82, 2.24) is 5.32 Å². The fourth-order valence-corrected chi connectivity index (χ4v) is 5.84. The molecule has 4 aromatic carbocycles. The number of amides is 2. The molecule has 210 valence electrons. The predicted octanol–water partition coefficient (Wildman–Crippen LogP) is 6.72. The van der Waals surface area contributed by atoms with E-state index in [1.165, 1.54) is 36.4 Å². The Morgan fingerprint density at radius 2 is 1.86 bits per heavy atom. The standard InChI is InChI=1S/C29H19ClN4O6S2/c30-22-9-8-20(14-21(22)28(37)38)32-29-33-27(36)25(42-29)12-16-5-10-24(23(11-16)34(39)40)41-15-26(35)31-19-7-6-17-3-1-2-4-18(17)13-19/h1-14H,15H2,(H,31,35)(H,37,38)(H,32,33,36)/b25-12-. The molecule has 1 aliphatic rings. The van der Waals surface area contributed by atoms with Gasteiger partial charge in [0.15, 0.2) is 5.17 Å². The van der Waals surface area contributed by atoms with Crippen LogP contribution in [0.15, 0.2) is 93.7 Å². The smallest absolute Gasteiger partial charge is 0.337 e. The highest BCUT2D eigenvalue weighted by molar-refractivity contribution is 8.18. The van der Waals surface area contributed by atoms with Crippen molar-refractivity contribution in [1.29, 1.82) is 0 Å². The summed E-state index contributed by atoms with van der Waals surface area (Å²) in [4.78, 5) is 52.5. The molecule has 0 atom stereocenters. The molecule has 2 amide bonds. The number of aliphatic imine (C=N–C) groups is 1. The third-order valence-corrected chi connectivity index (χ3v) is 8.23. The highest BCUT2D eigenvalue weighted by Gasteiger charge is 2.25. The van der Waals surface area contributed by atoms with E-state index in [2.05, 4.69) is 15.6 Å². The second-order valence-electron chi connectivity index (χ2n) is 8.83. The Kier molecular flexibility index (Phi) is 8.57. The lowest BCUT2D eigenvalue weighted by Gasteiger charge is -2.07. The molecule has 42 heavy (non-hydrogen) atoms. The predicted molar refractivity (Wildman–Crippen MR) is 166 cm³/mol. The first-order valence-electron chi connectivity index (χ1n) is 12.2. The van der Waals surface area contributed by atoms with Crippen molar-refractivity contribution in [3.63, 3.8) is 0 Å². The molecule has 0 bridgehead atoms. The second kappa shape index (κ2) is 12.5. The van der Waals surface area contributed by atoms with Gasteiger partial charge in [0.25, 0.3) is 11.6 Å². The topological polar surface area (TPSA) is 151 Å². The zero-order valence-corrected chi connectivity index (χ0v) is 23.8. The summed E-state index contributed by atoms with van der Waals surface area (Å²) in [5.74, 6) is -2.02. The molecule has 1 fully saturated rings. The molecule has 0 saturated carbocycles. The monoisotopic (exact) mass is 618 g/mol. The summed E-state index contributed by atoms with van der Waals surface area (Å²) in [7, 11) is 0. The van der Waals surface area contributed by atoms with Crippen LogP contribution in [0.2, 0.25) is 5.02 Å². The Labute approximate surface area is 252 Å². The lowest BCUT2D eigenvalue weighted by atomic mass is 10.1. The first-order chi connectivity index (χ1) is 20.2. The maximum Gasteiger partial charge on any atom is 0.337 e. The number of carboxylic acid groups (broad SMARTS) is 1. The fourth-order valence-electron chi connectivity index (χ4n) is 3.99. The largest absolute Gasteiger partial charge is 0.478 e. The number of hydrogen-bond donors (Lipinski definition) is 3. The zero-order chi connectivity index (χ0) is 29.8. The fraction of sp³-hybridized carbons (Fsp3) is 0.0345. The van der Waals surface area contributed by atoms with Gasteiger partial charge in [-0.25, -0.2) is 9.79 Å². The van der Waals surface area contributed by atoms with E-state index in [4.69, 9.17) is 11.6 Å². The van der Waals surface area contributed by atoms with Gasteiger partial charge in [-0.15, -0.1) is 11.8 Å². The van der Waals surface area contributed by atoms with Gasteiger partial charge in [-0.2, -0.15) is 0 Å². The van der Waals surface area contributed by atoms with E-state index < -0.39 is 16.8 Å². The van der Waals surface area contributed by atoms with Crippen molar-refractivity contribution in [2.45, 2.75) is 4.90 Å². The van der Waals surface area contributed by atoms with E-state index in [1.54, 1.807) is 12.1 Å². The van der Waals surface area contributed by atoms with Gasteiger partial charge in [0.2, 0.25) is 5.91 Å². The first kappa shape index (κ1) is 28.9. The van der Waals surface area contributed by atoms with Gasteiger partial charge >= 0.3 is 5.97 Å². The summed E-state index contributed by atoms with van der Waals surface area (Å²) in [6.07, 6.45) is 1.49. The van der Waals surface area contributed by atoms with Crippen molar-refractivity contribution < 1.29 is 24.4 Å². The van der Waals surface area contributed by atoms with Gasteiger partial charge in [-0.05, 0) is 70.6 Å². The van der Waals surface area contributed by atoms with Crippen molar-refractivity contribution >= 4 is 92.0 Å². The SMILES string of the molecule is O=C(CSc1ccc(/C=C2\SC(=Nc3ccc(Cl)c(C(=O)O)c3)NC2=O)cc1[N+](=O)[O-])Nc1ccc2ccccc2c1. The average Bonchev–Trinajstić information content (AvgIpc) is 3.30. The zero-order valence-electron chi connectivity index (χ0n) is 21.4. The van der Waals surface area contributed by atoms with E-state index in [-0.39, 0.29) is 43.7 Å². The Balaban J connectivity index is 1.27. The molecule has 1 aliphatic heterocycles. The highest BCUT2D eigenvalue weighted by atomic mass is 35.5. The Bertz CT molecular complexity index is 1840. The number of benzene rings is 4. The van der Waals surface area contributed by atoms with Crippen molar-refractivity contribution in [2.24, 2.45) is 4.99 Å². The Morgan fingerprint density at radius 3 is 2.62 bits per heavy atom. The van der Waals surface area contributed by atoms with Crippen LogP contribution in [-0.4, -0.2) is 38.7 Å². The maximum atomic E-state index is 12.6. The number of nitro benzene ring substituents is 1. The van der Waals surface area contributed by atoms with Crippen LogP contribution in [0.25, 0.3) is 16.8 Å². The summed E-state index contributed by atoms with van der Waals surface area (Å²) < 4.78 is 0. The number of carboxylic acids is 1. The number of rotatable bonds is 8. The average molecular weight is 619 g/mol. The minimum atomic E-state index is -1.21. The van der Waals surface area contributed by atoms with Crippen LogP contribution in [0.5, 0.6) is 0 Å². The molecule has 13 heteroatoms. The van der Waals surface area contributed by atoms with E-state index in [1.807, 2.05) is 36.4 Å². The Morgan fingerprint density at radius 1 is 1.07 bits per heavy atom. The van der Waals surface area contributed by atoms with Gasteiger partial charge in [0, 0.05) is 11.8 Å². The normalized spacial score (nSPS) is 14.7. The molecule has 0 aliphatic carbocycles. The van der Waals surface area contributed by atoms with Crippen molar-refractivity contribution in [3.05, 3.63) is 110 Å². The van der Waals surface area contributed by atoms with Crippen molar-refractivity contribution in [2.75, 3.05) is 11.1 Å². The van der Waals surface area contributed by atoms with E-state index in [0.717, 1.165) is 34.3 Å². The van der Waals surface area contributed by atoms with Gasteiger partial charge < -0.3 is 15.7 Å². The van der Waals surface area contributed by atoms with E-state index in [9.17, 15) is 29.6 Å². The minimum absolute atomic E-state index is 0.0412. The van der Waals surface area contributed by atoms with Gasteiger partial charge in [0.1, 0.15) is 0 Å². The molecule has 1 saturated heterocycles. The summed E-state index contributed by atoms with van der Waals surface area (Å²) in [6.45, 7) is 0. The molecule has 10 nitrogen and oxygen atoms in total. The summed E-state index contributed by atoms with van der Waals surface area (Å²) >= 11 is 7.93. The Hall–Kier alpha value is -4.65. The van der Waals surface area contributed by atoms with Gasteiger partial charge in [0.05, 0.1) is 36.8 Å². The third kappa shape index (κ3) is 6.79. The number of carbonyl (C=O) groups excluding carboxylic acids is 2. The number of amidine groups is 1. The van der Waals surface area contributed by atoms with Crippen LogP contribution in [0, 0.1) is 10.1 Å². The van der Waals surface area contributed by atoms with Crippen LogP contribution >= 0.6 is 35.1 Å². The number of hydrogen-bond acceptors (Lipinski definition) is 8. The molecular weight excluding hydrogens is 600 g/mol. The molecule has 0 unspecified atom stereocenters. The molecule has 4 aromatic rings. The van der Waals surface area contributed by atoms with Crippen LogP contribution in [0.4, 0.5) is 17.1 Å². The number of thioether (sulfide) groups is 2.